The van der Waals surface area contributed by atoms with E-state index in [4.69, 9.17) is 10.5 Å². The zero-order chi connectivity index (χ0) is 17.4. The summed E-state index contributed by atoms with van der Waals surface area (Å²) in [6.45, 7) is 14.6. The van der Waals surface area contributed by atoms with Gasteiger partial charge in [0, 0.05) is 24.8 Å². The molecule has 0 saturated carbocycles. The summed E-state index contributed by atoms with van der Waals surface area (Å²) in [6, 6.07) is 4.13. The second-order valence-electron chi connectivity index (χ2n) is 8.94. The number of phenolic OH excluding ortho intramolecular Hbond substituents is 1. The van der Waals surface area contributed by atoms with Crippen LogP contribution in [-0.2, 0) is 15.6 Å². The van der Waals surface area contributed by atoms with Crippen molar-refractivity contribution in [3.63, 3.8) is 0 Å². The minimum absolute atomic E-state index is 0.0256. The zero-order valence-electron chi connectivity index (χ0n) is 15.6. The third-order valence-electron chi connectivity index (χ3n) is 4.95. The maximum absolute atomic E-state index is 10.9. The molecule has 2 rings (SSSR count). The van der Waals surface area contributed by atoms with E-state index < -0.39 is 0 Å². The molecule has 0 unspecified atom stereocenters. The molecular weight excluding hydrogens is 286 g/mol. The minimum atomic E-state index is -0.137. The molecule has 1 atom stereocenters. The van der Waals surface area contributed by atoms with Crippen molar-refractivity contribution < 1.29 is 9.84 Å². The van der Waals surface area contributed by atoms with E-state index in [0.29, 0.717) is 11.7 Å². The summed E-state index contributed by atoms with van der Waals surface area (Å²) in [5.74, 6) is 0.752. The van der Waals surface area contributed by atoms with Gasteiger partial charge in [-0.2, -0.15) is 0 Å². The Morgan fingerprint density at radius 3 is 2.09 bits per heavy atom. The van der Waals surface area contributed by atoms with E-state index in [-0.39, 0.29) is 16.9 Å². The number of rotatable bonds is 2. The fourth-order valence-electron chi connectivity index (χ4n) is 3.24. The molecule has 1 aromatic carbocycles. The lowest BCUT2D eigenvalue weighted by Crippen LogP contribution is -2.28. The normalized spacial score (nSPS) is 18.9. The maximum atomic E-state index is 10.9. The van der Waals surface area contributed by atoms with Crippen molar-refractivity contribution in [3.8, 4) is 5.75 Å². The van der Waals surface area contributed by atoms with Gasteiger partial charge in [0.1, 0.15) is 5.75 Å². The molecule has 3 heteroatoms. The third kappa shape index (κ3) is 4.07. The standard InChI is InChI=1S/C20H33NO2/c1-19(2,3)14-11-15(17(21)13-7-9-23-10-8-13)18(22)16(12-14)20(4,5)6/h11-13,17,22H,7-10,21H2,1-6H3/t17-/m0/s1. The molecule has 0 bridgehead atoms. The van der Waals surface area contributed by atoms with Gasteiger partial charge >= 0.3 is 0 Å². The summed E-state index contributed by atoms with van der Waals surface area (Å²) in [4.78, 5) is 0. The van der Waals surface area contributed by atoms with Gasteiger partial charge in [0.05, 0.1) is 0 Å². The first-order chi connectivity index (χ1) is 10.5. The van der Waals surface area contributed by atoms with Crippen molar-refractivity contribution in [1.29, 1.82) is 0 Å². The van der Waals surface area contributed by atoms with Gasteiger partial charge in [0.25, 0.3) is 0 Å². The quantitative estimate of drug-likeness (QED) is 0.848. The van der Waals surface area contributed by atoms with Crippen LogP contribution in [0.25, 0.3) is 0 Å². The molecule has 1 heterocycles. The highest BCUT2D eigenvalue weighted by Gasteiger charge is 2.30. The largest absolute Gasteiger partial charge is 0.507 e. The second kappa shape index (κ2) is 6.45. The van der Waals surface area contributed by atoms with Crippen molar-refractivity contribution in [2.24, 2.45) is 11.7 Å². The van der Waals surface area contributed by atoms with Crippen LogP contribution in [0, 0.1) is 5.92 Å². The van der Waals surface area contributed by atoms with Crippen LogP contribution in [0.3, 0.4) is 0 Å². The van der Waals surface area contributed by atoms with Gasteiger partial charge in [-0.3, -0.25) is 0 Å². The van der Waals surface area contributed by atoms with Crippen molar-refractivity contribution >= 4 is 0 Å². The average Bonchev–Trinajstić information content (AvgIpc) is 2.45. The fraction of sp³-hybridized carbons (Fsp3) is 0.700. The van der Waals surface area contributed by atoms with Crippen LogP contribution < -0.4 is 5.73 Å². The van der Waals surface area contributed by atoms with Crippen molar-refractivity contribution in [2.75, 3.05) is 13.2 Å². The van der Waals surface area contributed by atoms with Crippen LogP contribution in [0.4, 0.5) is 0 Å². The molecule has 23 heavy (non-hydrogen) atoms. The first kappa shape index (κ1) is 18.3. The molecule has 0 radical (unpaired) electrons. The smallest absolute Gasteiger partial charge is 0.124 e. The van der Waals surface area contributed by atoms with Gasteiger partial charge in [-0.15, -0.1) is 0 Å². The van der Waals surface area contributed by atoms with E-state index in [9.17, 15) is 5.11 Å². The molecule has 130 valence electrons. The van der Waals surface area contributed by atoms with E-state index in [2.05, 4.69) is 53.7 Å². The molecule has 1 saturated heterocycles. The molecule has 1 aliphatic rings. The highest BCUT2D eigenvalue weighted by atomic mass is 16.5. The lowest BCUT2D eigenvalue weighted by molar-refractivity contribution is 0.0580. The Labute approximate surface area is 141 Å². The van der Waals surface area contributed by atoms with Crippen LogP contribution in [0.5, 0.6) is 5.75 Å². The summed E-state index contributed by atoms with van der Waals surface area (Å²) in [5, 5.41) is 10.9. The highest BCUT2D eigenvalue weighted by Crippen LogP contribution is 2.42. The number of phenols is 1. The van der Waals surface area contributed by atoms with Crippen LogP contribution >= 0.6 is 0 Å². The number of hydrogen-bond acceptors (Lipinski definition) is 3. The lowest BCUT2D eigenvalue weighted by Gasteiger charge is -2.32. The predicted molar refractivity (Wildman–Crippen MR) is 96.0 cm³/mol. The van der Waals surface area contributed by atoms with Crippen LogP contribution in [0.1, 0.15) is 77.1 Å². The highest BCUT2D eigenvalue weighted by molar-refractivity contribution is 5.50. The minimum Gasteiger partial charge on any atom is -0.507 e. The first-order valence-electron chi connectivity index (χ1n) is 8.73. The Morgan fingerprint density at radius 2 is 1.61 bits per heavy atom. The fourth-order valence-corrected chi connectivity index (χ4v) is 3.24. The summed E-state index contributed by atoms with van der Waals surface area (Å²) in [5.41, 5.74) is 9.61. The van der Waals surface area contributed by atoms with Crippen molar-refractivity contribution in [1.82, 2.24) is 0 Å². The molecule has 0 spiro atoms. The number of ether oxygens (including phenoxy) is 1. The molecule has 1 aliphatic heterocycles. The molecule has 3 nitrogen and oxygen atoms in total. The molecule has 3 N–H and O–H groups in total. The Bertz CT molecular complexity index is 546. The molecular formula is C20H33NO2. The third-order valence-corrected chi connectivity index (χ3v) is 4.95. The monoisotopic (exact) mass is 319 g/mol. The number of hydrogen-bond donors (Lipinski definition) is 2. The van der Waals surface area contributed by atoms with Crippen LogP contribution in [-0.4, -0.2) is 18.3 Å². The zero-order valence-corrected chi connectivity index (χ0v) is 15.6. The second-order valence-corrected chi connectivity index (χ2v) is 8.94. The molecule has 1 fully saturated rings. The van der Waals surface area contributed by atoms with E-state index in [0.717, 1.165) is 37.2 Å². The Morgan fingerprint density at radius 1 is 1.04 bits per heavy atom. The van der Waals surface area contributed by atoms with Crippen LogP contribution in [0.15, 0.2) is 12.1 Å². The summed E-state index contributed by atoms with van der Waals surface area (Å²) in [6.07, 6.45) is 1.93. The van der Waals surface area contributed by atoms with Gasteiger partial charge in [-0.05, 0) is 46.8 Å². The van der Waals surface area contributed by atoms with Gasteiger partial charge in [-0.1, -0.05) is 47.6 Å². The summed E-state index contributed by atoms with van der Waals surface area (Å²) in [7, 11) is 0. The number of nitrogens with two attached hydrogens (primary N) is 1. The Hall–Kier alpha value is -1.06. The van der Waals surface area contributed by atoms with E-state index in [1.165, 1.54) is 5.56 Å². The maximum Gasteiger partial charge on any atom is 0.124 e. The van der Waals surface area contributed by atoms with Crippen LogP contribution in [0.2, 0.25) is 0 Å². The lowest BCUT2D eigenvalue weighted by atomic mass is 9.76. The number of benzene rings is 1. The Kier molecular flexibility index (Phi) is 5.12. The average molecular weight is 319 g/mol. The van der Waals surface area contributed by atoms with Crippen molar-refractivity contribution in [2.45, 2.75) is 71.3 Å². The van der Waals surface area contributed by atoms with Gasteiger partial charge in [-0.25, -0.2) is 0 Å². The van der Waals surface area contributed by atoms with E-state index in [1.807, 2.05) is 0 Å². The van der Waals surface area contributed by atoms with Gasteiger partial charge in [0.2, 0.25) is 0 Å². The molecule has 0 amide bonds. The first-order valence-corrected chi connectivity index (χ1v) is 8.73. The molecule has 0 aliphatic carbocycles. The summed E-state index contributed by atoms with van der Waals surface area (Å²) < 4.78 is 5.45. The Balaban J connectivity index is 2.52. The topological polar surface area (TPSA) is 55.5 Å². The predicted octanol–water partition coefficient (Wildman–Crippen LogP) is 4.41. The number of aromatic hydroxyl groups is 1. The molecule has 0 aromatic heterocycles. The molecule has 1 aromatic rings. The van der Waals surface area contributed by atoms with E-state index >= 15 is 0 Å². The summed E-state index contributed by atoms with van der Waals surface area (Å²) >= 11 is 0. The van der Waals surface area contributed by atoms with Crippen molar-refractivity contribution in [3.05, 3.63) is 28.8 Å². The van der Waals surface area contributed by atoms with Gasteiger partial charge in [0.15, 0.2) is 0 Å². The van der Waals surface area contributed by atoms with E-state index in [1.54, 1.807) is 0 Å². The SMILES string of the molecule is CC(C)(C)c1cc([C@@H](N)C2CCOCC2)c(O)c(C(C)(C)C)c1. The van der Waals surface area contributed by atoms with Gasteiger partial charge < -0.3 is 15.6 Å².